The molecule has 120 valence electrons. The van der Waals surface area contributed by atoms with Crippen LogP contribution in [0.15, 0.2) is 24.3 Å². The number of benzene rings is 1. The van der Waals surface area contributed by atoms with Crippen LogP contribution >= 0.6 is 0 Å². The Morgan fingerprint density at radius 2 is 1.95 bits per heavy atom. The molecule has 0 heterocycles. The highest BCUT2D eigenvalue weighted by molar-refractivity contribution is 5.77. The lowest BCUT2D eigenvalue weighted by atomic mass is 9.80. The normalized spacial score (nSPS) is 20.0. The maximum atomic E-state index is 11.8. The van der Waals surface area contributed by atoms with Crippen molar-refractivity contribution in [3.8, 4) is 5.75 Å². The van der Waals surface area contributed by atoms with Crippen LogP contribution in [0.5, 0.6) is 5.75 Å². The fourth-order valence-corrected chi connectivity index (χ4v) is 2.47. The van der Waals surface area contributed by atoms with E-state index in [4.69, 9.17) is 9.84 Å². The van der Waals surface area contributed by atoms with E-state index in [-0.39, 0.29) is 17.9 Å². The number of carbonyl (C=O) groups excluding carboxylic acids is 1. The highest BCUT2D eigenvalue weighted by Gasteiger charge is 2.34. The van der Waals surface area contributed by atoms with E-state index < -0.39 is 5.97 Å². The molecule has 0 bridgehead atoms. The van der Waals surface area contributed by atoms with E-state index in [0.29, 0.717) is 32.3 Å². The summed E-state index contributed by atoms with van der Waals surface area (Å²) in [5.74, 6) is -0.221. The lowest BCUT2D eigenvalue weighted by Gasteiger charge is -2.32. The van der Waals surface area contributed by atoms with Crippen LogP contribution in [0.2, 0.25) is 0 Å². The van der Waals surface area contributed by atoms with Crippen LogP contribution in [-0.2, 0) is 16.0 Å². The molecule has 0 aromatic heterocycles. The second-order valence-electron chi connectivity index (χ2n) is 5.76. The Labute approximate surface area is 130 Å². The summed E-state index contributed by atoms with van der Waals surface area (Å²) in [5.41, 5.74) is 1.09. The van der Waals surface area contributed by atoms with Gasteiger partial charge in [0.1, 0.15) is 5.75 Å². The summed E-state index contributed by atoms with van der Waals surface area (Å²) in [5, 5.41) is 11.7. The second kappa shape index (κ2) is 7.82. The molecule has 0 aliphatic heterocycles. The van der Waals surface area contributed by atoms with Gasteiger partial charge in [-0.15, -0.1) is 0 Å². The molecule has 22 heavy (non-hydrogen) atoms. The van der Waals surface area contributed by atoms with Crippen molar-refractivity contribution in [2.75, 3.05) is 6.61 Å². The van der Waals surface area contributed by atoms with Gasteiger partial charge in [0, 0.05) is 12.5 Å². The van der Waals surface area contributed by atoms with Gasteiger partial charge in [0.15, 0.2) is 0 Å². The fraction of sp³-hybridized carbons (Fsp3) is 0.529. The lowest BCUT2D eigenvalue weighted by Crippen LogP contribution is -2.46. The van der Waals surface area contributed by atoms with E-state index in [2.05, 4.69) is 12.2 Å². The topological polar surface area (TPSA) is 75.6 Å². The molecule has 1 aromatic rings. The molecule has 0 spiro atoms. The highest BCUT2D eigenvalue weighted by atomic mass is 16.5. The minimum absolute atomic E-state index is 0.0138. The Kier molecular flexibility index (Phi) is 5.81. The highest BCUT2D eigenvalue weighted by Crippen LogP contribution is 2.27. The lowest BCUT2D eigenvalue weighted by molar-refractivity contribution is -0.146. The Bertz CT molecular complexity index is 506. The third-order valence-corrected chi connectivity index (χ3v) is 3.89. The summed E-state index contributed by atoms with van der Waals surface area (Å²) in [4.78, 5) is 22.5. The van der Waals surface area contributed by atoms with Gasteiger partial charge in [-0.1, -0.05) is 19.1 Å². The number of ether oxygens (including phenoxy) is 1. The second-order valence-corrected chi connectivity index (χ2v) is 5.76. The zero-order valence-corrected chi connectivity index (χ0v) is 12.9. The Balaban J connectivity index is 1.67. The van der Waals surface area contributed by atoms with Crippen LogP contribution in [0.1, 0.15) is 38.2 Å². The van der Waals surface area contributed by atoms with Gasteiger partial charge >= 0.3 is 5.97 Å². The molecule has 0 saturated heterocycles. The number of carbonyl (C=O) groups is 2. The van der Waals surface area contributed by atoms with Gasteiger partial charge in [-0.3, -0.25) is 9.59 Å². The van der Waals surface area contributed by atoms with E-state index >= 15 is 0 Å². The molecule has 1 aliphatic carbocycles. The molecular formula is C17H23NO4. The van der Waals surface area contributed by atoms with Gasteiger partial charge in [0.25, 0.3) is 0 Å². The monoisotopic (exact) mass is 305 g/mol. The number of hydrogen-bond donors (Lipinski definition) is 2. The number of carboxylic acids is 1. The Morgan fingerprint density at radius 3 is 2.55 bits per heavy atom. The summed E-state index contributed by atoms with van der Waals surface area (Å²) in [7, 11) is 0. The summed E-state index contributed by atoms with van der Waals surface area (Å²) in [6.07, 6.45) is 3.17. The first-order valence-corrected chi connectivity index (χ1v) is 7.82. The molecule has 5 nitrogen and oxygen atoms in total. The molecule has 2 N–H and O–H groups in total. The third kappa shape index (κ3) is 4.76. The van der Waals surface area contributed by atoms with Crippen LogP contribution in [0, 0.1) is 5.92 Å². The van der Waals surface area contributed by atoms with Crippen molar-refractivity contribution >= 4 is 11.9 Å². The molecule has 5 heteroatoms. The largest absolute Gasteiger partial charge is 0.494 e. The molecule has 1 fully saturated rings. The third-order valence-electron chi connectivity index (χ3n) is 3.89. The number of carboxylic acid groups (broad SMARTS) is 1. The van der Waals surface area contributed by atoms with Crippen molar-refractivity contribution in [3.05, 3.63) is 29.8 Å². The summed E-state index contributed by atoms with van der Waals surface area (Å²) < 4.78 is 5.51. The fourth-order valence-electron chi connectivity index (χ4n) is 2.47. The first kappa shape index (κ1) is 16.3. The predicted molar refractivity (Wildman–Crippen MR) is 82.8 cm³/mol. The van der Waals surface area contributed by atoms with E-state index in [1.807, 2.05) is 24.3 Å². The van der Waals surface area contributed by atoms with Gasteiger partial charge < -0.3 is 15.2 Å². The Hall–Kier alpha value is -2.04. The molecule has 1 aromatic carbocycles. The molecule has 0 unspecified atom stereocenters. The van der Waals surface area contributed by atoms with Crippen molar-refractivity contribution in [1.82, 2.24) is 5.32 Å². The van der Waals surface area contributed by atoms with Crippen molar-refractivity contribution < 1.29 is 19.4 Å². The van der Waals surface area contributed by atoms with Gasteiger partial charge in [-0.2, -0.15) is 0 Å². The van der Waals surface area contributed by atoms with E-state index in [0.717, 1.165) is 17.7 Å². The maximum Gasteiger partial charge on any atom is 0.306 e. The zero-order chi connectivity index (χ0) is 15.9. The predicted octanol–water partition coefficient (Wildman–Crippen LogP) is 2.39. The molecule has 1 saturated carbocycles. The van der Waals surface area contributed by atoms with Gasteiger partial charge in [-0.25, -0.2) is 0 Å². The molecule has 2 rings (SSSR count). The van der Waals surface area contributed by atoms with Crippen molar-refractivity contribution in [1.29, 1.82) is 0 Å². The first-order chi connectivity index (χ1) is 10.6. The van der Waals surface area contributed by atoms with Crippen LogP contribution in [0.4, 0.5) is 0 Å². The number of hydrogen-bond acceptors (Lipinski definition) is 3. The number of rotatable bonds is 8. The van der Waals surface area contributed by atoms with Crippen LogP contribution in [0.25, 0.3) is 0 Å². The molecular weight excluding hydrogens is 282 g/mol. The minimum Gasteiger partial charge on any atom is -0.494 e. The van der Waals surface area contributed by atoms with Gasteiger partial charge in [0.2, 0.25) is 5.91 Å². The van der Waals surface area contributed by atoms with Gasteiger partial charge in [-0.05, 0) is 43.4 Å². The average molecular weight is 305 g/mol. The molecule has 0 atom stereocenters. The smallest absolute Gasteiger partial charge is 0.306 e. The van der Waals surface area contributed by atoms with Crippen molar-refractivity contribution in [2.24, 2.45) is 5.92 Å². The van der Waals surface area contributed by atoms with Gasteiger partial charge in [0.05, 0.1) is 12.5 Å². The van der Waals surface area contributed by atoms with Crippen LogP contribution in [0.3, 0.4) is 0 Å². The van der Waals surface area contributed by atoms with E-state index in [9.17, 15) is 9.59 Å². The van der Waals surface area contributed by atoms with Crippen molar-refractivity contribution in [2.45, 2.75) is 45.1 Å². The quantitative estimate of drug-likeness (QED) is 0.773. The number of amides is 1. The standard InChI is InChI=1S/C17H23NO4/c1-2-9-22-15-6-3-12(4-7-15)5-8-16(19)18-14-10-13(11-14)17(20)21/h3-4,6-7,13-14H,2,5,8-11H2,1H3,(H,18,19)(H,20,21). The maximum absolute atomic E-state index is 11.8. The summed E-state index contributed by atoms with van der Waals surface area (Å²) in [6.45, 7) is 2.77. The minimum atomic E-state index is -0.768. The first-order valence-electron chi connectivity index (χ1n) is 7.82. The van der Waals surface area contributed by atoms with Crippen LogP contribution in [-0.4, -0.2) is 29.6 Å². The molecule has 1 aliphatic rings. The molecule has 1 amide bonds. The summed E-state index contributed by atoms with van der Waals surface area (Å²) >= 11 is 0. The SMILES string of the molecule is CCCOc1ccc(CCC(=O)NC2CC(C(=O)O)C2)cc1. The average Bonchev–Trinajstić information content (AvgIpc) is 2.47. The van der Waals surface area contributed by atoms with E-state index in [1.54, 1.807) is 0 Å². The van der Waals surface area contributed by atoms with Crippen molar-refractivity contribution in [3.63, 3.8) is 0 Å². The number of nitrogens with one attached hydrogen (secondary N) is 1. The molecule has 0 radical (unpaired) electrons. The number of aliphatic carboxylic acids is 1. The Morgan fingerprint density at radius 1 is 1.27 bits per heavy atom. The van der Waals surface area contributed by atoms with E-state index in [1.165, 1.54) is 0 Å². The number of aryl methyl sites for hydroxylation is 1. The zero-order valence-electron chi connectivity index (χ0n) is 12.9. The van der Waals surface area contributed by atoms with Crippen LogP contribution < -0.4 is 10.1 Å². The summed E-state index contributed by atoms with van der Waals surface area (Å²) in [6, 6.07) is 7.82.